The van der Waals surface area contributed by atoms with Crippen molar-refractivity contribution < 1.29 is 27.5 Å². The Morgan fingerprint density at radius 3 is 2.47 bits per heavy atom. The van der Waals surface area contributed by atoms with E-state index in [0.29, 0.717) is 23.4 Å². The molecule has 0 bridgehead atoms. The average molecular weight is 499 g/mol. The van der Waals surface area contributed by atoms with Gasteiger partial charge < -0.3 is 15.4 Å². The number of benzene rings is 1. The van der Waals surface area contributed by atoms with Crippen LogP contribution in [0.3, 0.4) is 0 Å². The van der Waals surface area contributed by atoms with Gasteiger partial charge in [-0.2, -0.15) is 10.2 Å². The van der Waals surface area contributed by atoms with Crippen molar-refractivity contribution in [1.82, 2.24) is 24.7 Å². The van der Waals surface area contributed by atoms with Crippen molar-refractivity contribution >= 4 is 18.2 Å². The largest absolute Gasteiger partial charge is 0.483 e. The van der Waals surface area contributed by atoms with E-state index in [9.17, 15) is 22.8 Å². The third kappa shape index (κ3) is 4.34. The topological polar surface area (TPSA) is 119 Å². The van der Waals surface area contributed by atoms with E-state index in [2.05, 4.69) is 15.2 Å². The van der Waals surface area contributed by atoms with Crippen molar-refractivity contribution in [3.8, 4) is 17.1 Å². The summed E-state index contributed by atoms with van der Waals surface area (Å²) in [6.07, 6.45) is 2.32. The highest BCUT2D eigenvalue weighted by molar-refractivity contribution is 5.91. The van der Waals surface area contributed by atoms with Crippen LogP contribution < -0.4 is 10.5 Å². The SMILES string of the molecule is Cn1nc(C(N)=O)cc1-c1cc(OC2CN(C(=O)N3N=CC[C@H]3c3cc(F)cc(F)c3)C2)c(F)cn1. The van der Waals surface area contributed by atoms with Gasteiger partial charge in [0.25, 0.3) is 5.91 Å². The molecule has 2 N–H and O–H groups in total. The van der Waals surface area contributed by atoms with E-state index in [1.165, 1.54) is 45.1 Å². The molecule has 0 radical (unpaired) electrons. The predicted octanol–water partition coefficient (Wildman–Crippen LogP) is 2.61. The summed E-state index contributed by atoms with van der Waals surface area (Å²) in [7, 11) is 1.59. The number of rotatable bonds is 5. The van der Waals surface area contributed by atoms with Crippen LogP contribution in [0.25, 0.3) is 11.4 Å². The highest BCUT2D eigenvalue weighted by atomic mass is 19.1. The highest BCUT2D eigenvalue weighted by Crippen LogP contribution is 2.32. The third-order valence-electron chi connectivity index (χ3n) is 5.92. The average Bonchev–Trinajstić information content (AvgIpc) is 3.43. The van der Waals surface area contributed by atoms with Gasteiger partial charge in [-0.25, -0.2) is 23.0 Å². The molecule has 3 aromatic rings. The number of urea groups is 1. The number of hydrogen-bond donors (Lipinski definition) is 1. The minimum atomic E-state index is -0.738. The van der Waals surface area contributed by atoms with Crippen molar-refractivity contribution in [2.24, 2.45) is 17.9 Å². The molecule has 13 heteroatoms. The van der Waals surface area contributed by atoms with E-state index in [4.69, 9.17) is 10.5 Å². The first-order valence-corrected chi connectivity index (χ1v) is 10.9. The first-order valence-electron chi connectivity index (χ1n) is 10.9. The molecule has 0 unspecified atom stereocenters. The zero-order valence-corrected chi connectivity index (χ0v) is 18.9. The molecule has 186 valence electrons. The Balaban J connectivity index is 1.25. The number of carbonyl (C=O) groups excluding carboxylic acids is 2. The van der Waals surface area contributed by atoms with Crippen LogP contribution in [0.15, 0.2) is 41.6 Å². The van der Waals surface area contributed by atoms with E-state index < -0.39 is 41.5 Å². The summed E-state index contributed by atoms with van der Waals surface area (Å²) in [6, 6.07) is 4.83. The lowest BCUT2D eigenvalue weighted by atomic mass is 10.0. The number of likely N-dealkylation sites (tertiary alicyclic amines) is 1. The standard InChI is InChI=1S/C23H20F3N7O3/c1-31-20(7-18(30-31)22(27)34)17-8-21(16(26)9-28-17)36-15-10-32(11-15)23(35)33-19(2-3-29-33)12-4-13(24)6-14(25)5-12/h3-9,15,19H,2,10-11H2,1H3,(H2,27,34)/t19-/m0/s1. The van der Waals surface area contributed by atoms with Gasteiger partial charge in [-0.3, -0.25) is 14.5 Å². The lowest BCUT2D eigenvalue weighted by Crippen LogP contribution is -2.58. The molecular formula is C23H20F3N7O3. The van der Waals surface area contributed by atoms with Crippen molar-refractivity contribution in [1.29, 1.82) is 0 Å². The van der Waals surface area contributed by atoms with E-state index in [-0.39, 0.29) is 24.5 Å². The minimum Gasteiger partial charge on any atom is -0.483 e. The number of carbonyl (C=O) groups is 2. The second kappa shape index (κ2) is 8.98. The smallest absolute Gasteiger partial charge is 0.341 e. The molecule has 0 saturated carbocycles. The molecule has 2 aromatic heterocycles. The Morgan fingerprint density at radius 1 is 1.08 bits per heavy atom. The molecule has 4 heterocycles. The number of ether oxygens (including phenoxy) is 1. The molecule has 2 aliphatic rings. The van der Waals surface area contributed by atoms with Gasteiger partial charge in [0.2, 0.25) is 0 Å². The van der Waals surface area contributed by atoms with Crippen LogP contribution >= 0.6 is 0 Å². The predicted molar refractivity (Wildman–Crippen MR) is 120 cm³/mol. The fraction of sp³-hybridized carbons (Fsp3) is 0.261. The minimum absolute atomic E-state index is 0.0399. The summed E-state index contributed by atoms with van der Waals surface area (Å²) in [5.74, 6) is -2.96. The zero-order valence-electron chi connectivity index (χ0n) is 18.9. The van der Waals surface area contributed by atoms with Gasteiger partial charge in [0.05, 0.1) is 36.7 Å². The van der Waals surface area contributed by atoms with Gasteiger partial charge in [-0.1, -0.05) is 0 Å². The molecule has 5 rings (SSSR count). The van der Waals surface area contributed by atoms with Crippen LogP contribution in [-0.4, -0.2) is 62.0 Å². The van der Waals surface area contributed by atoms with Crippen molar-refractivity contribution in [3.63, 3.8) is 0 Å². The number of nitrogens with zero attached hydrogens (tertiary/aromatic N) is 6. The maximum Gasteiger partial charge on any atom is 0.341 e. The van der Waals surface area contributed by atoms with Gasteiger partial charge >= 0.3 is 6.03 Å². The summed E-state index contributed by atoms with van der Waals surface area (Å²) in [6.45, 7) is 0.313. The number of hydrazone groups is 1. The first kappa shape index (κ1) is 23.3. The van der Waals surface area contributed by atoms with E-state index in [0.717, 1.165) is 12.3 Å². The fourth-order valence-electron chi connectivity index (χ4n) is 4.11. The second-order valence-electron chi connectivity index (χ2n) is 8.43. The lowest BCUT2D eigenvalue weighted by Gasteiger charge is -2.41. The Morgan fingerprint density at radius 2 is 1.81 bits per heavy atom. The van der Waals surface area contributed by atoms with Crippen molar-refractivity contribution in [2.45, 2.75) is 18.6 Å². The molecule has 1 aromatic carbocycles. The van der Waals surface area contributed by atoms with Gasteiger partial charge in [-0.05, 0) is 23.8 Å². The second-order valence-corrected chi connectivity index (χ2v) is 8.43. The van der Waals surface area contributed by atoms with Crippen LogP contribution in [0.2, 0.25) is 0 Å². The number of primary amides is 1. The molecule has 3 amide bonds. The quantitative estimate of drug-likeness (QED) is 0.579. The zero-order chi connectivity index (χ0) is 25.6. The van der Waals surface area contributed by atoms with Crippen LogP contribution in [0, 0.1) is 17.5 Å². The van der Waals surface area contributed by atoms with Crippen LogP contribution in [-0.2, 0) is 7.05 Å². The third-order valence-corrected chi connectivity index (χ3v) is 5.92. The van der Waals surface area contributed by atoms with Crippen molar-refractivity contribution in [2.75, 3.05) is 13.1 Å². The summed E-state index contributed by atoms with van der Waals surface area (Å²) < 4.78 is 48.8. The molecular weight excluding hydrogens is 479 g/mol. The molecule has 0 aliphatic carbocycles. The fourth-order valence-corrected chi connectivity index (χ4v) is 4.11. The summed E-state index contributed by atoms with van der Waals surface area (Å²) >= 11 is 0. The van der Waals surface area contributed by atoms with E-state index in [1.807, 2.05) is 0 Å². The first-order chi connectivity index (χ1) is 17.2. The molecule has 1 saturated heterocycles. The maximum atomic E-state index is 14.4. The van der Waals surface area contributed by atoms with Gasteiger partial charge in [-0.15, -0.1) is 0 Å². The molecule has 36 heavy (non-hydrogen) atoms. The van der Waals surface area contributed by atoms with Gasteiger partial charge in [0.1, 0.15) is 17.7 Å². The summed E-state index contributed by atoms with van der Waals surface area (Å²) in [4.78, 5) is 29.8. The van der Waals surface area contributed by atoms with E-state index >= 15 is 0 Å². The van der Waals surface area contributed by atoms with Gasteiger partial charge in [0.15, 0.2) is 17.3 Å². The Labute approximate surface area is 202 Å². The number of amides is 3. The summed E-state index contributed by atoms with van der Waals surface area (Å²) in [5, 5.41) is 9.24. The number of aryl methyl sites for hydroxylation is 1. The number of hydrogen-bond acceptors (Lipinski definition) is 6. The molecule has 10 nitrogen and oxygen atoms in total. The Kier molecular flexibility index (Phi) is 5.82. The van der Waals surface area contributed by atoms with Crippen LogP contribution in [0.4, 0.5) is 18.0 Å². The highest BCUT2D eigenvalue weighted by Gasteiger charge is 2.39. The number of nitrogens with two attached hydrogens (primary N) is 1. The van der Waals surface area contributed by atoms with Crippen molar-refractivity contribution in [3.05, 3.63) is 65.2 Å². The number of pyridine rings is 1. The Bertz CT molecular complexity index is 1370. The molecule has 0 spiro atoms. The molecule has 1 fully saturated rings. The molecule has 1 atom stereocenters. The lowest BCUT2D eigenvalue weighted by molar-refractivity contribution is 0.0256. The van der Waals surface area contributed by atoms with E-state index in [1.54, 1.807) is 7.05 Å². The summed E-state index contributed by atoms with van der Waals surface area (Å²) in [5.41, 5.74) is 6.35. The normalized spacial score (nSPS) is 17.4. The number of aromatic nitrogens is 3. The maximum absolute atomic E-state index is 14.4. The van der Waals surface area contributed by atoms with Crippen LogP contribution in [0.5, 0.6) is 5.75 Å². The number of halogens is 3. The molecule has 2 aliphatic heterocycles. The monoisotopic (exact) mass is 499 g/mol. The van der Waals surface area contributed by atoms with Gasteiger partial charge in [0, 0.05) is 31.8 Å². The Hall–Kier alpha value is -4.42. The van der Waals surface area contributed by atoms with Crippen LogP contribution in [0.1, 0.15) is 28.5 Å².